The molecule has 0 spiro atoms. The molecule has 0 aliphatic carbocycles. The predicted molar refractivity (Wildman–Crippen MR) is 72.3 cm³/mol. The van der Waals surface area contributed by atoms with Gasteiger partial charge in [-0.05, 0) is 25.5 Å². The average Bonchev–Trinajstić information content (AvgIpc) is 2.96. The number of nitrogens with one attached hydrogen (secondary N) is 2. The zero-order valence-electron chi connectivity index (χ0n) is 10.5. The number of thiophene rings is 1. The Morgan fingerprint density at radius 1 is 1.58 bits per heavy atom. The van der Waals surface area contributed by atoms with Crippen molar-refractivity contribution in [2.24, 2.45) is 0 Å². The van der Waals surface area contributed by atoms with Crippen LogP contribution in [0.15, 0.2) is 22.7 Å². The fourth-order valence-electron chi connectivity index (χ4n) is 1.64. The van der Waals surface area contributed by atoms with E-state index in [2.05, 4.69) is 14.7 Å². The smallest absolute Gasteiger partial charge is 0.250 e. The van der Waals surface area contributed by atoms with Crippen LogP contribution in [0.4, 0.5) is 0 Å². The first-order valence-electron chi connectivity index (χ1n) is 5.66. The highest BCUT2D eigenvalue weighted by Crippen LogP contribution is 2.26. The molecule has 104 valence electrons. The fraction of sp³-hybridized carbons (Fsp3) is 0.364. The Morgan fingerprint density at radius 2 is 2.32 bits per heavy atom. The number of aromatic amines is 1. The number of aromatic nitrogens is 2. The van der Waals surface area contributed by atoms with Crippen LogP contribution in [-0.2, 0) is 16.6 Å². The first-order valence-corrected chi connectivity index (χ1v) is 7.96. The van der Waals surface area contributed by atoms with E-state index in [-0.39, 0.29) is 10.8 Å². The topological polar surface area (TPSA) is 95.1 Å². The van der Waals surface area contributed by atoms with Crippen LogP contribution < -0.4 is 4.72 Å². The summed E-state index contributed by atoms with van der Waals surface area (Å²) in [5.41, 5.74) is 0.776. The van der Waals surface area contributed by atoms with E-state index in [1.807, 2.05) is 0 Å². The van der Waals surface area contributed by atoms with Crippen LogP contribution in [0.1, 0.15) is 29.2 Å². The summed E-state index contributed by atoms with van der Waals surface area (Å²) in [5, 5.41) is 9.11. The lowest BCUT2D eigenvalue weighted by Crippen LogP contribution is -2.26. The van der Waals surface area contributed by atoms with Crippen LogP contribution in [0.2, 0.25) is 0 Å². The molecule has 3 N–H and O–H groups in total. The Hall–Kier alpha value is -1.22. The lowest BCUT2D eigenvalue weighted by molar-refractivity contribution is 0.285. The maximum atomic E-state index is 12.2. The Morgan fingerprint density at radius 3 is 2.84 bits per heavy atom. The maximum Gasteiger partial charge on any atom is 0.250 e. The summed E-state index contributed by atoms with van der Waals surface area (Å²) in [7, 11) is -3.60. The zero-order chi connectivity index (χ0) is 14.0. The predicted octanol–water partition coefficient (Wildman–Crippen LogP) is 1.31. The number of H-pyrrole nitrogens is 1. The molecule has 6 nitrogen and oxygen atoms in total. The molecule has 2 rings (SSSR count). The largest absolute Gasteiger partial charge is 0.391 e. The van der Waals surface area contributed by atoms with Crippen molar-refractivity contribution in [1.82, 2.24) is 14.7 Å². The molecule has 19 heavy (non-hydrogen) atoms. The summed E-state index contributed by atoms with van der Waals surface area (Å²) in [6.07, 6.45) is 3.21. The minimum atomic E-state index is -3.60. The second kappa shape index (κ2) is 5.41. The molecule has 0 aromatic carbocycles. The number of hydrogen-bond donors (Lipinski definition) is 3. The van der Waals surface area contributed by atoms with E-state index in [1.54, 1.807) is 32.3 Å². The van der Waals surface area contributed by atoms with E-state index in [0.29, 0.717) is 10.7 Å². The molecule has 8 heteroatoms. The van der Waals surface area contributed by atoms with Gasteiger partial charge < -0.3 is 10.1 Å². The number of aliphatic hydroxyl groups excluding tert-OH is 1. The number of sulfonamides is 1. The number of hydrogen-bond acceptors (Lipinski definition) is 5. The summed E-state index contributed by atoms with van der Waals surface area (Å²) < 4.78 is 27.1. The maximum absolute atomic E-state index is 12.2. The van der Waals surface area contributed by atoms with Crippen LogP contribution in [0.5, 0.6) is 0 Å². The van der Waals surface area contributed by atoms with Crippen LogP contribution >= 0.6 is 11.3 Å². The number of nitrogens with zero attached hydrogens (tertiary/aromatic N) is 1. The average molecular weight is 301 g/mol. The summed E-state index contributed by atoms with van der Waals surface area (Å²) in [4.78, 5) is 7.54. The molecule has 2 heterocycles. The summed E-state index contributed by atoms with van der Waals surface area (Å²) in [6, 6.07) is 1.12. The van der Waals surface area contributed by atoms with Gasteiger partial charge in [-0.1, -0.05) is 0 Å². The number of rotatable bonds is 5. The van der Waals surface area contributed by atoms with Gasteiger partial charge in [0.1, 0.15) is 10.0 Å². The number of imidazole rings is 1. The van der Waals surface area contributed by atoms with Crippen molar-refractivity contribution < 1.29 is 13.5 Å². The molecule has 2 aromatic heterocycles. The quantitative estimate of drug-likeness (QED) is 0.776. The normalized spacial score (nSPS) is 13.6. The zero-order valence-corrected chi connectivity index (χ0v) is 12.2. The van der Waals surface area contributed by atoms with Gasteiger partial charge in [-0.3, -0.25) is 0 Å². The van der Waals surface area contributed by atoms with E-state index in [1.165, 1.54) is 0 Å². The molecule has 0 saturated heterocycles. The Kier molecular flexibility index (Phi) is 4.04. The van der Waals surface area contributed by atoms with Crippen molar-refractivity contribution in [2.45, 2.75) is 30.7 Å². The van der Waals surface area contributed by atoms with Gasteiger partial charge >= 0.3 is 0 Å². The van der Waals surface area contributed by atoms with Gasteiger partial charge in [-0.2, -0.15) is 0 Å². The van der Waals surface area contributed by atoms with Crippen molar-refractivity contribution in [3.63, 3.8) is 0 Å². The Labute approximate surface area is 115 Å². The van der Waals surface area contributed by atoms with E-state index in [0.717, 1.165) is 16.9 Å². The Bertz CT molecular complexity index is 647. The molecular weight excluding hydrogens is 286 g/mol. The molecule has 1 atom stereocenters. The van der Waals surface area contributed by atoms with Gasteiger partial charge in [0.25, 0.3) is 10.0 Å². The highest BCUT2D eigenvalue weighted by molar-refractivity contribution is 7.91. The minimum absolute atomic E-state index is 0.153. The molecule has 0 fully saturated rings. The lowest BCUT2D eigenvalue weighted by Gasteiger charge is -2.10. The molecule has 1 unspecified atom stereocenters. The second-order valence-electron chi connectivity index (χ2n) is 4.15. The van der Waals surface area contributed by atoms with Gasteiger partial charge in [-0.25, -0.2) is 18.1 Å². The molecular formula is C11H15N3O3S2. The third-order valence-electron chi connectivity index (χ3n) is 2.67. The molecule has 0 saturated carbocycles. The molecule has 0 aliphatic heterocycles. The molecule has 0 bridgehead atoms. The van der Waals surface area contributed by atoms with Crippen LogP contribution in [0.3, 0.4) is 0 Å². The van der Waals surface area contributed by atoms with Crippen LogP contribution in [-0.4, -0.2) is 23.5 Å². The Balaban J connectivity index is 2.22. The number of aryl methyl sites for hydroxylation is 1. The van der Waals surface area contributed by atoms with Crippen molar-refractivity contribution in [2.75, 3.05) is 0 Å². The minimum Gasteiger partial charge on any atom is -0.391 e. The van der Waals surface area contributed by atoms with E-state index < -0.39 is 16.1 Å². The molecule has 0 radical (unpaired) electrons. The van der Waals surface area contributed by atoms with E-state index in [4.69, 9.17) is 5.11 Å². The SMILES string of the molecule is Cc1cc(S(=O)(=O)NC(C)c2ncc[nH]2)sc1CO. The van der Waals surface area contributed by atoms with E-state index >= 15 is 0 Å². The fourth-order valence-corrected chi connectivity index (χ4v) is 4.31. The van der Waals surface area contributed by atoms with Crippen LogP contribution in [0.25, 0.3) is 0 Å². The number of aliphatic hydroxyl groups is 1. The van der Waals surface area contributed by atoms with Crippen molar-refractivity contribution in [1.29, 1.82) is 0 Å². The van der Waals surface area contributed by atoms with E-state index in [9.17, 15) is 8.42 Å². The molecule has 0 aliphatic rings. The van der Waals surface area contributed by atoms with Crippen LogP contribution in [0, 0.1) is 6.92 Å². The third kappa shape index (κ3) is 3.03. The summed E-state index contributed by atoms with van der Waals surface area (Å²) in [6.45, 7) is 3.33. The standard InChI is InChI=1S/C11H15N3O3S2/c1-7-5-10(18-9(7)6-15)19(16,17)14-8(2)11-12-3-4-13-11/h3-5,8,14-15H,6H2,1-2H3,(H,12,13). The van der Waals surface area contributed by atoms with Gasteiger partial charge in [0.15, 0.2) is 0 Å². The lowest BCUT2D eigenvalue weighted by atomic mass is 10.3. The monoisotopic (exact) mass is 301 g/mol. The van der Waals surface area contributed by atoms with Gasteiger partial charge in [0.2, 0.25) is 0 Å². The van der Waals surface area contributed by atoms with Crippen molar-refractivity contribution >= 4 is 21.4 Å². The highest BCUT2D eigenvalue weighted by atomic mass is 32.2. The summed E-state index contributed by atoms with van der Waals surface area (Å²) >= 11 is 1.07. The van der Waals surface area contributed by atoms with Crippen molar-refractivity contribution in [3.05, 3.63) is 34.7 Å². The third-order valence-corrected chi connectivity index (χ3v) is 5.90. The first kappa shape index (κ1) is 14.2. The highest BCUT2D eigenvalue weighted by Gasteiger charge is 2.22. The van der Waals surface area contributed by atoms with Gasteiger partial charge in [0.05, 0.1) is 12.6 Å². The van der Waals surface area contributed by atoms with Crippen molar-refractivity contribution in [3.8, 4) is 0 Å². The van der Waals surface area contributed by atoms with Gasteiger partial charge in [0, 0.05) is 17.3 Å². The first-order chi connectivity index (χ1) is 8.94. The molecule has 2 aromatic rings. The molecule has 0 amide bonds. The second-order valence-corrected chi connectivity index (χ2v) is 7.22. The van der Waals surface area contributed by atoms with Gasteiger partial charge in [-0.15, -0.1) is 11.3 Å². The summed E-state index contributed by atoms with van der Waals surface area (Å²) in [5.74, 6) is 0.555.